The summed E-state index contributed by atoms with van der Waals surface area (Å²) in [5, 5.41) is 17.5. The SMILES string of the molecule is C[C@@H](C#N)Sc1nnc(C[C@@H]2CCS(=O)(=O)C2)n1C. The van der Waals surface area contributed by atoms with Gasteiger partial charge in [-0.2, -0.15) is 5.26 Å². The Morgan fingerprint density at radius 3 is 2.89 bits per heavy atom. The van der Waals surface area contributed by atoms with Crippen molar-refractivity contribution in [3.63, 3.8) is 0 Å². The zero-order valence-electron chi connectivity index (χ0n) is 10.9. The lowest BCUT2D eigenvalue weighted by Crippen LogP contribution is -2.11. The van der Waals surface area contributed by atoms with Crippen molar-refractivity contribution in [2.24, 2.45) is 13.0 Å². The van der Waals surface area contributed by atoms with Crippen molar-refractivity contribution in [2.75, 3.05) is 11.5 Å². The predicted molar refractivity (Wildman–Crippen MR) is 72.4 cm³/mol. The van der Waals surface area contributed by atoms with Gasteiger partial charge in [0.05, 0.1) is 22.8 Å². The van der Waals surface area contributed by atoms with Gasteiger partial charge in [-0.3, -0.25) is 0 Å². The Morgan fingerprint density at radius 2 is 2.32 bits per heavy atom. The molecule has 1 fully saturated rings. The highest BCUT2D eigenvalue weighted by molar-refractivity contribution is 8.00. The smallest absolute Gasteiger partial charge is 0.192 e. The zero-order valence-corrected chi connectivity index (χ0v) is 12.5. The van der Waals surface area contributed by atoms with Crippen molar-refractivity contribution in [2.45, 2.75) is 30.2 Å². The van der Waals surface area contributed by atoms with Crippen LogP contribution >= 0.6 is 11.8 Å². The van der Waals surface area contributed by atoms with Crippen LogP contribution in [0.5, 0.6) is 0 Å². The monoisotopic (exact) mass is 300 g/mol. The van der Waals surface area contributed by atoms with Gasteiger partial charge in [0.25, 0.3) is 0 Å². The number of hydrogen-bond donors (Lipinski definition) is 0. The molecule has 8 heteroatoms. The van der Waals surface area contributed by atoms with E-state index in [9.17, 15) is 8.42 Å². The van der Waals surface area contributed by atoms with E-state index in [1.807, 2.05) is 18.5 Å². The molecule has 1 aromatic heterocycles. The van der Waals surface area contributed by atoms with Crippen molar-refractivity contribution >= 4 is 21.6 Å². The summed E-state index contributed by atoms with van der Waals surface area (Å²) in [5.74, 6) is 1.45. The van der Waals surface area contributed by atoms with Gasteiger partial charge < -0.3 is 4.57 Å². The summed E-state index contributed by atoms with van der Waals surface area (Å²) in [5.41, 5.74) is 0. The number of rotatable bonds is 4. The third-order valence-corrected chi connectivity index (χ3v) is 6.05. The molecule has 104 valence electrons. The molecule has 1 saturated heterocycles. The van der Waals surface area contributed by atoms with Crippen LogP contribution in [0.4, 0.5) is 0 Å². The lowest BCUT2D eigenvalue weighted by atomic mass is 10.1. The van der Waals surface area contributed by atoms with Crippen molar-refractivity contribution in [3.05, 3.63) is 5.82 Å². The number of hydrogen-bond acceptors (Lipinski definition) is 6. The van der Waals surface area contributed by atoms with Gasteiger partial charge in [-0.15, -0.1) is 10.2 Å². The van der Waals surface area contributed by atoms with Crippen molar-refractivity contribution in [3.8, 4) is 6.07 Å². The maximum Gasteiger partial charge on any atom is 0.192 e. The molecule has 2 rings (SSSR count). The Labute approximate surface area is 117 Å². The van der Waals surface area contributed by atoms with Crippen LogP contribution in [0.25, 0.3) is 0 Å². The molecule has 0 unspecified atom stereocenters. The highest BCUT2D eigenvalue weighted by Gasteiger charge is 2.29. The van der Waals surface area contributed by atoms with Crippen LogP contribution in [0.2, 0.25) is 0 Å². The van der Waals surface area contributed by atoms with Crippen molar-refractivity contribution < 1.29 is 8.42 Å². The maximum atomic E-state index is 11.4. The summed E-state index contributed by atoms with van der Waals surface area (Å²) in [6.45, 7) is 1.81. The molecule has 0 N–H and O–H groups in total. The molecule has 19 heavy (non-hydrogen) atoms. The first-order valence-electron chi connectivity index (χ1n) is 6.06. The van der Waals surface area contributed by atoms with Crippen LogP contribution in [0.1, 0.15) is 19.2 Å². The molecule has 6 nitrogen and oxygen atoms in total. The topological polar surface area (TPSA) is 88.6 Å². The lowest BCUT2D eigenvalue weighted by molar-refractivity contribution is 0.552. The van der Waals surface area contributed by atoms with E-state index < -0.39 is 9.84 Å². The van der Waals surface area contributed by atoms with Gasteiger partial charge in [0, 0.05) is 13.5 Å². The standard InChI is InChI=1S/C11H16N4O2S2/c1-8(6-12)18-11-14-13-10(15(11)2)5-9-3-4-19(16,17)7-9/h8-9H,3-5,7H2,1-2H3/t8-,9-/m0/s1. The third kappa shape index (κ3) is 3.48. The molecule has 2 heterocycles. The molecule has 0 aromatic carbocycles. The molecule has 0 aliphatic carbocycles. The molecule has 0 bridgehead atoms. The van der Waals surface area contributed by atoms with Crippen LogP contribution in [0.15, 0.2) is 5.16 Å². The minimum Gasteiger partial charge on any atom is -0.309 e. The zero-order chi connectivity index (χ0) is 14.0. The Morgan fingerprint density at radius 1 is 1.58 bits per heavy atom. The number of thioether (sulfide) groups is 1. The van der Waals surface area contributed by atoms with E-state index >= 15 is 0 Å². The second-order valence-electron chi connectivity index (χ2n) is 4.82. The fourth-order valence-electron chi connectivity index (χ4n) is 2.10. The summed E-state index contributed by atoms with van der Waals surface area (Å²) in [6.07, 6.45) is 1.33. The number of aromatic nitrogens is 3. The van der Waals surface area contributed by atoms with Crippen molar-refractivity contribution in [1.29, 1.82) is 5.26 Å². The normalized spacial score (nSPS) is 23.1. The largest absolute Gasteiger partial charge is 0.309 e. The van der Waals surface area contributed by atoms with E-state index in [2.05, 4.69) is 16.3 Å². The van der Waals surface area contributed by atoms with Crippen LogP contribution < -0.4 is 0 Å². The molecule has 0 spiro atoms. The van der Waals surface area contributed by atoms with E-state index in [0.717, 1.165) is 5.82 Å². The number of nitriles is 1. The van der Waals surface area contributed by atoms with Gasteiger partial charge in [0.2, 0.25) is 0 Å². The van der Waals surface area contributed by atoms with E-state index in [4.69, 9.17) is 5.26 Å². The molecule has 0 radical (unpaired) electrons. The van der Waals surface area contributed by atoms with Crippen LogP contribution in [-0.4, -0.2) is 39.9 Å². The fourth-order valence-corrected chi connectivity index (χ4v) is 4.68. The molecular weight excluding hydrogens is 284 g/mol. The highest BCUT2D eigenvalue weighted by atomic mass is 32.2. The quantitative estimate of drug-likeness (QED) is 0.764. The molecule has 1 aliphatic rings. The predicted octanol–water partition coefficient (Wildman–Crippen LogP) is 0.796. The van der Waals surface area contributed by atoms with Gasteiger partial charge in [-0.05, 0) is 19.3 Å². The number of nitrogens with zero attached hydrogens (tertiary/aromatic N) is 4. The Bertz CT molecular complexity index is 603. The first-order valence-corrected chi connectivity index (χ1v) is 8.76. The van der Waals surface area contributed by atoms with Crippen LogP contribution in [0, 0.1) is 17.2 Å². The molecule has 1 aliphatic heterocycles. The minimum atomic E-state index is -2.85. The van der Waals surface area contributed by atoms with Crippen LogP contribution in [0.3, 0.4) is 0 Å². The second-order valence-corrected chi connectivity index (χ2v) is 8.36. The molecule has 1 aromatic rings. The summed E-state index contributed by atoms with van der Waals surface area (Å²) in [7, 11) is -0.998. The Kier molecular flexibility index (Phi) is 4.16. The molecule has 2 atom stereocenters. The maximum absolute atomic E-state index is 11.4. The first kappa shape index (κ1) is 14.3. The van der Waals surface area contributed by atoms with E-state index in [-0.39, 0.29) is 22.7 Å². The minimum absolute atomic E-state index is 0.138. The molecule has 0 amide bonds. The Hall–Kier alpha value is -1.07. The third-order valence-electron chi connectivity index (χ3n) is 3.19. The van der Waals surface area contributed by atoms with Crippen LogP contribution in [-0.2, 0) is 23.3 Å². The molecule has 0 saturated carbocycles. The Balaban J connectivity index is 2.05. The van der Waals surface area contributed by atoms with Gasteiger partial charge in [-0.25, -0.2) is 8.42 Å². The lowest BCUT2D eigenvalue weighted by Gasteiger charge is -2.07. The molecular formula is C11H16N4O2S2. The summed E-state index contributed by atoms with van der Waals surface area (Å²) in [6, 6.07) is 2.14. The van der Waals surface area contributed by atoms with Gasteiger partial charge in [-0.1, -0.05) is 11.8 Å². The van der Waals surface area contributed by atoms with Gasteiger partial charge >= 0.3 is 0 Å². The first-order chi connectivity index (χ1) is 8.91. The van der Waals surface area contributed by atoms with Gasteiger partial charge in [0.1, 0.15) is 5.82 Å². The van der Waals surface area contributed by atoms with Gasteiger partial charge in [0.15, 0.2) is 15.0 Å². The van der Waals surface area contributed by atoms with E-state index in [0.29, 0.717) is 18.0 Å². The summed E-state index contributed by atoms with van der Waals surface area (Å²) in [4.78, 5) is 0. The van der Waals surface area contributed by atoms with E-state index in [1.165, 1.54) is 11.8 Å². The summed E-state index contributed by atoms with van der Waals surface area (Å²) >= 11 is 1.36. The second kappa shape index (κ2) is 5.51. The van der Waals surface area contributed by atoms with E-state index in [1.54, 1.807) is 0 Å². The average Bonchev–Trinajstić information content (AvgIpc) is 2.86. The number of sulfone groups is 1. The van der Waals surface area contributed by atoms with Crippen molar-refractivity contribution in [1.82, 2.24) is 14.8 Å². The average molecular weight is 300 g/mol. The fraction of sp³-hybridized carbons (Fsp3) is 0.727. The summed E-state index contributed by atoms with van der Waals surface area (Å²) < 4.78 is 24.7. The highest BCUT2D eigenvalue weighted by Crippen LogP contribution is 2.25.